The first kappa shape index (κ1) is 24.1. The Labute approximate surface area is 194 Å². The number of carbonyl (C=O) groups excluding carboxylic acids is 2. The van der Waals surface area contributed by atoms with E-state index in [4.69, 9.17) is 14.2 Å². The lowest BCUT2D eigenvalue weighted by atomic mass is 9.94. The molecule has 8 heteroatoms. The van der Waals surface area contributed by atoms with Crippen LogP contribution in [0.25, 0.3) is 5.76 Å². The van der Waals surface area contributed by atoms with Crippen LogP contribution in [0.2, 0.25) is 0 Å². The molecule has 1 fully saturated rings. The van der Waals surface area contributed by atoms with E-state index >= 15 is 0 Å². The van der Waals surface area contributed by atoms with E-state index in [9.17, 15) is 14.7 Å². The zero-order valence-corrected chi connectivity index (χ0v) is 19.6. The van der Waals surface area contributed by atoms with Gasteiger partial charge in [0, 0.05) is 12.6 Å². The maximum Gasteiger partial charge on any atom is 0.295 e. The van der Waals surface area contributed by atoms with Gasteiger partial charge in [-0.15, -0.1) is 0 Å². The highest BCUT2D eigenvalue weighted by molar-refractivity contribution is 6.46. The minimum Gasteiger partial charge on any atom is -0.507 e. The normalized spacial score (nSPS) is 17.5. The van der Waals surface area contributed by atoms with Gasteiger partial charge < -0.3 is 29.1 Å². The first-order valence-electron chi connectivity index (χ1n) is 10.6. The molecule has 0 aliphatic carbocycles. The quantitative estimate of drug-likeness (QED) is 0.354. The maximum absolute atomic E-state index is 13.2. The maximum atomic E-state index is 13.2. The first-order valence-corrected chi connectivity index (χ1v) is 10.6. The number of benzene rings is 2. The molecule has 176 valence electrons. The molecule has 1 atom stereocenters. The smallest absolute Gasteiger partial charge is 0.295 e. The lowest BCUT2D eigenvalue weighted by molar-refractivity contribution is -0.139. The van der Waals surface area contributed by atoms with Crippen LogP contribution in [0.1, 0.15) is 23.6 Å². The molecule has 0 bridgehead atoms. The van der Waals surface area contributed by atoms with Gasteiger partial charge in [0.1, 0.15) is 23.0 Å². The molecule has 2 aromatic carbocycles. The van der Waals surface area contributed by atoms with Gasteiger partial charge in [-0.05, 0) is 56.9 Å². The number of hydrogen-bond donors (Lipinski definition) is 1. The van der Waals surface area contributed by atoms with Crippen LogP contribution in [0, 0.1) is 0 Å². The Bertz CT molecular complexity index is 1060. The summed E-state index contributed by atoms with van der Waals surface area (Å²) in [5, 5.41) is 11.3. The summed E-state index contributed by atoms with van der Waals surface area (Å²) in [6.07, 6.45) is 0.673. The molecule has 0 spiro atoms. The van der Waals surface area contributed by atoms with E-state index in [0.29, 0.717) is 41.3 Å². The number of aliphatic hydroxyl groups is 1. The molecule has 1 aliphatic heterocycles. The second-order valence-electron chi connectivity index (χ2n) is 7.99. The second kappa shape index (κ2) is 10.4. The minimum atomic E-state index is -0.755. The van der Waals surface area contributed by atoms with Crippen LogP contribution < -0.4 is 14.2 Å². The Hall–Kier alpha value is -3.52. The van der Waals surface area contributed by atoms with Crippen molar-refractivity contribution in [3.8, 4) is 17.2 Å². The van der Waals surface area contributed by atoms with E-state index in [-0.39, 0.29) is 11.3 Å². The summed E-state index contributed by atoms with van der Waals surface area (Å²) < 4.78 is 16.0. The van der Waals surface area contributed by atoms with Gasteiger partial charge in [0.25, 0.3) is 11.7 Å². The summed E-state index contributed by atoms with van der Waals surface area (Å²) in [5.74, 6) is -0.213. The summed E-state index contributed by atoms with van der Waals surface area (Å²) >= 11 is 0. The van der Waals surface area contributed by atoms with Crippen LogP contribution in [0.4, 0.5) is 0 Å². The van der Waals surface area contributed by atoms with Crippen molar-refractivity contribution >= 4 is 17.4 Å². The molecule has 0 radical (unpaired) electrons. The monoisotopic (exact) mass is 454 g/mol. The molecular formula is C25H30N2O6. The van der Waals surface area contributed by atoms with Crippen molar-refractivity contribution in [3.63, 3.8) is 0 Å². The van der Waals surface area contributed by atoms with Crippen LogP contribution in [0.3, 0.4) is 0 Å². The van der Waals surface area contributed by atoms with Crippen molar-refractivity contribution in [1.82, 2.24) is 9.80 Å². The number of nitrogens with zero attached hydrogens (tertiary/aromatic N) is 2. The Morgan fingerprint density at radius 3 is 2.33 bits per heavy atom. The number of likely N-dealkylation sites (tertiary alicyclic amines) is 1. The second-order valence-corrected chi connectivity index (χ2v) is 7.99. The van der Waals surface area contributed by atoms with Crippen molar-refractivity contribution in [2.75, 3.05) is 48.5 Å². The van der Waals surface area contributed by atoms with Crippen LogP contribution in [0.5, 0.6) is 17.2 Å². The van der Waals surface area contributed by atoms with Crippen LogP contribution in [-0.2, 0) is 9.59 Å². The lowest BCUT2D eigenvalue weighted by Gasteiger charge is -2.26. The number of Topliss-reactive ketones (excluding diaryl/α,β-unsaturated/α-hetero) is 1. The molecule has 1 heterocycles. The van der Waals surface area contributed by atoms with Gasteiger partial charge in [-0.1, -0.05) is 12.1 Å². The van der Waals surface area contributed by atoms with Gasteiger partial charge >= 0.3 is 0 Å². The largest absolute Gasteiger partial charge is 0.507 e. The van der Waals surface area contributed by atoms with Crippen molar-refractivity contribution in [2.45, 2.75) is 12.5 Å². The molecule has 0 unspecified atom stereocenters. The van der Waals surface area contributed by atoms with E-state index in [0.717, 1.165) is 6.54 Å². The number of hydrogen-bond acceptors (Lipinski definition) is 7. The zero-order chi connectivity index (χ0) is 24.1. The van der Waals surface area contributed by atoms with E-state index in [2.05, 4.69) is 0 Å². The highest BCUT2D eigenvalue weighted by Crippen LogP contribution is 2.42. The highest BCUT2D eigenvalue weighted by Gasteiger charge is 2.46. The Morgan fingerprint density at radius 1 is 1.00 bits per heavy atom. The molecule has 2 aromatic rings. The van der Waals surface area contributed by atoms with Gasteiger partial charge in [0.05, 0.1) is 38.5 Å². The third-order valence-electron chi connectivity index (χ3n) is 5.62. The first-order chi connectivity index (χ1) is 15.8. The minimum absolute atomic E-state index is 0.0153. The summed E-state index contributed by atoms with van der Waals surface area (Å²) in [5.41, 5.74) is 0.992. The lowest BCUT2D eigenvalue weighted by Crippen LogP contribution is -2.32. The van der Waals surface area contributed by atoms with Gasteiger partial charge in [-0.2, -0.15) is 0 Å². The fourth-order valence-electron chi connectivity index (χ4n) is 3.97. The SMILES string of the molecule is COc1cccc([C@@H]2C(=C(O)c3ccc(OC)cc3OC)C(=O)C(=O)N2CCCN(C)C)c1. The molecule has 0 saturated carbocycles. The number of ether oxygens (including phenoxy) is 3. The molecule has 1 saturated heterocycles. The molecular weight excluding hydrogens is 424 g/mol. The van der Waals surface area contributed by atoms with E-state index in [1.807, 2.05) is 25.1 Å². The average molecular weight is 455 g/mol. The van der Waals surface area contributed by atoms with Gasteiger partial charge in [-0.25, -0.2) is 0 Å². The van der Waals surface area contributed by atoms with Gasteiger partial charge in [0.2, 0.25) is 0 Å². The zero-order valence-electron chi connectivity index (χ0n) is 19.6. The fraction of sp³-hybridized carbons (Fsp3) is 0.360. The topological polar surface area (TPSA) is 88.5 Å². The summed E-state index contributed by atoms with van der Waals surface area (Å²) in [4.78, 5) is 29.8. The Kier molecular flexibility index (Phi) is 7.60. The molecule has 33 heavy (non-hydrogen) atoms. The van der Waals surface area contributed by atoms with Crippen LogP contribution in [0.15, 0.2) is 48.0 Å². The summed E-state index contributed by atoms with van der Waals surface area (Å²) in [7, 11) is 8.43. The van der Waals surface area contributed by atoms with Gasteiger partial charge in [-0.3, -0.25) is 9.59 Å². The predicted octanol–water partition coefficient (Wildman–Crippen LogP) is 3.09. The molecule has 3 rings (SSSR count). The number of rotatable bonds is 9. The van der Waals surface area contributed by atoms with Crippen molar-refractivity contribution in [1.29, 1.82) is 0 Å². The molecule has 8 nitrogen and oxygen atoms in total. The molecule has 1 N–H and O–H groups in total. The standard InChI is InChI=1S/C25H30N2O6/c1-26(2)12-7-13-27-22(16-8-6-9-17(14-16)31-3)21(24(29)25(27)30)23(28)19-11-10-18(32-4)15-20(19)33-5/h6,8-11,14-15,22,28H,7,12-13H2,1-5H3/t22-/m1/s1. The number of amides is 1. The summed E-state index contributed by atoms with van der Waals surface area (Å²) in [6.45, 7) is 1.11. The Balaban J connectivity index is 2.16. The number of ketones is 1. The van der Waals surface area contributed by atoms with Crippen LogP contribution >= 0.6 is 0 Å². The number of carbonyl (C=O) groups is 2. The number of aliphatic hydroxyl groups excluding tert-OH is 1. The molecule has 1 aliphatic rings. The van der Waals surface area contributed by atoms with E-state index < -0.39 is 17.7 Å². The summed E-state index contributed by atoms with van der Waals surface area (Å²) in [6, 6.07) is 11.3. The molecule has 1 amide bonds. The fourth-order valence-corrected chi connectivity index (χ4v) is 3.97. The van der Waals surface area contributed by atoms with Crippen molar-refractivity contribution in [3.05, 3.63) is 59.2 Å². The predicted molar refractivity (Wildman–Crippen MR) is 125 cm³/mol. The van der Waals surface area contributed by atoms with E-state index in [1.54, 1.807) is 43.5 Å². The third kappa shape index (κ3) is 4.96. The highest BCUT2D eigenvalue weighted by atomic mass is 16.5. The van der Waals surface area contributed by atoms with Crippen LogP contribution in [-0.4, -0.2) is 75.1 Å². The van der Waals surface area contributed by atoms with Gasteiger partial charge in [0.15, 0.2) is 0 Å². The Morgan fingerprint density at radius 2 is 1.70 bits per heavy atom. The molecule has 0 aromatic heterocycles. The number of methoxy groups -OCH3 is 3. The van der Waals surface area contributed by atoms with Crippen molar-refractivity contribution < 1.29 is 28.9 Å². The van der Waals surface area contributed by atoms with E-state index in [1.165, 1.54) is 19.1 Å². The average Bonchev–Trinajstić information content (AvgIpc) is 3.08. The third-order valence-corrected chi connectivity index (χ3v) is 5.62. The van der Waals surface area contributed by atoms with Crippen molar-refractivity contribution in [2.24, 2.45) is 0 Å².